The number of rotatable bonds is 1. The number of amides is 1. The number of aromatic nitrogens is 1. The Balaban J connectivity index is 1.88. The van der Waals surface area contributed by atoms with E-state index in [9.17, 15) is 18.0 Å². The summed E-state index contributed by atoms with van der Waals surface area (Å²) in [5.41, 5.74) is 1.20. The van der Waals surface area contributed by atoms with Gasteiger partial charge < -0.3 is 9.88 Å². The lowest BCUT2D eigenvalue weighted by atomic mass is 9.97. The van der Waals surface area contributed by atoms with E-state index in [2.05, 4.69) is 20.9 Å². The summed E-state index contributed by atoms with van der Waals surface area (Å²) in [7, 11) is 0. The molecule has 1 amide bonds. The monoisotopic (exact) mass is 374 g/mol. The van der Waals surface area contributed by atoms with E-state index in [0.29, 0.717) is 23.9 Å². The van der Waals surface area contributed by atoms with Crippen LogP contribution in [0, 0.1) is 5.92 Å². The molecular weight excluding hydrogens is 361 g/mol. The second-order valence-electron chi connectivity index (χ2n) is 5.52. The Kier molecular flexibility index (Phi) is 3.92. The molecule has 1 fully saturated rings. The van der Waals surface area contributed by atoms with E-state index in [1.54, 1.807) is 12.3 Å². The van der Waals surface area contributed by atoms with E-state index < -0.39 is 12.1 Å². The van der Waals surface area contributed by atoms with Crippen LogP contribution in [0.4, 0.5) is 13.2 Å². The minimum Gasteiger partial charge on any atom is -0.360 e. The molecule has 7 heteroatoms. The Morgan fingerprint density at radius 1 is 1.36 bits per heavy atom. The highest BCUT2D eigenvalue weighted by atomic mass is 79.9. The van der Waals surface area contributed by atoms with E-state index >= 15 is 0 Å². The number of nitrogens with zero attached hydrogens (tertiary/aromatic N) is 1. The molecule has 1 aliphatic heterocycles. The number of nitrogens with one attached hydrogen (secondary N) is 1. The molecule has 22 heavy (non-hydrogen) atoms. The van der Waals surface area contributed by atoms with Gasteiger partial charge in [-0.15, -0.1) is 0 Å². The van der Waals surface area contributed by atoms with Gasteiger partial charge in [-0.3, -0.25) is 4.79 Å². The van der Waals surface area contributed by atoms with E-state index in [1.807, 2.05) is 12.1 Å². The maximum absolute atomic E-state index is 12.9. The molecule has 0 saturated carbocycles. The molecule has 118 valence electrons. The summed E-state index contributed by atoms with van der Waals surface area (Å²) in [6, 6.07) is 5.46. The first-order valence-electron chi connectivity index (χ1n) is 6.99. The average molecular weight is 375 g/mol. The lowest BCUT2D eigenvalue weighted by Gasteiger charge is -2.33. The van der Waals surface area contributed by atoms with Crippen LogP contribution >= 0.6 is 15.9 Å². The van der Waals surface area contributed by atoms with E-state index in [0.717, 1.165) is 9.99 Å². The topological polar surface area (TPSA) is 36.1 Å². The molecular formula is C15H14BrF3N2O. The third-order valence-electron chi connectivity index (χ3n) is 4.05. The minimum atomic E-state index is -4.25. The predicted molar refractivity (Wildman–Crippen MR) is 80.7 cm³/mol. The van der Waals surface area contributed by atoms with Crippen LogP contribution in [0.5, 0.6) is 0 Å². The van der Waals surface area contributed by atoms with E-state index in [-0.39, 0.29) is 18.9 Å². The van der Waals surface area contributed by atoms with Crippen LogP contribution in [0.25, 0.3) is 10.9 Å². The van der Waals surface area contributed by atoms with Gasteiger partial charge in [-0.1, -0.05) is 15.9 Å². The number of carbonyl (C=O) groups is 1. The van der Waals surface area contributed by atoms with Crippen molar-refractivity contribution in [2.45, 2.75) is 19.0 Å². The Morgan fingerprint density at radius 2 is 2.14 bits per heavy atom. The molecule has 0 spiro atoms. The Labute approximate surface area is 133 Å². The van der Waals surface area contributed by atoms with Crippen molar-refractivity contribution in [1.82, 2.24) is 9.88 Å². The highest BCUT2D eigenvalue weighted by Crippen LogP contribution is 2.34. The minimum absolute atomic E-state index is 0.0900. The highest BCUT2D eigenvalue weighted by Gasteiger charge is 2.42. The summed E-state index contributed by atoms with van der Waals surface area (Å²) in [5, 5.41) is 0.716. The fraction of sp³-hybridized carbons (Fsp3) is 0.400. The van der Waals surface area contributed by atoms with Crippen molar-refractivity contribution in [3.05, 3.63) is 34.4 Å². The van der Waals surface area contributed by atoms with Gasteiger partial charge in [0.15, 0.2) is 0 Å². The second kappa shape index (κ2) is 5.61. The van der Waals surface area contributed by atoms with Gasteiger partial charge in [0.25, 0.3) is 5.91 Å². The van der Waals surface area contributed by atoms with E-state index in [4.69, 9.17) is 0 Å². The lowest BCUT2D eigenvalue weighted by molar-refractivity contribution is -0.184. The molecule has 2 aromatic rings. The zero-order valence-electron chi connectivity index (χ0n) is 11.6. The van der Waals surface area contributed by atoms with Crippen LogP contribution in [-0.4, -0.2) is 35.1 Å². The molecule has 1 atom stereocenters. The van der Waals surface area contributed by atoms with Gasteiger partial charge in [0.05, 0.1) is 11.5 Å². The van der Waals surface area contributed by atoms with Gasteiger partial charge in [0.1, 0.15) is 0 Å². The maximum atomic E-state index is 12.9. The summed E-state index contributed by atoms with van der Waals surface area (Å²) in [4.78, 5) is 16.9. The van der Waals surface area contributed by atoms with Crippen molar-refractivity contribution in [2.75, 3.05) is 13.1 Å². The van der Waals surface area contributed by atoms with Crippen LogP contribution in [0.15, 0.2) is 28.9 Å². The van der Waals surface area contributed by atoms with Crippen molar-refractivity contribution in [3.63, 3.8) is 0 Å². The van der Waals surface area contributed by atoms with Gasteiger partial charge in [-0.2, -0.15) is 13.2 Å². The fourth-order valence-corrected chi connectivity index (χ4v) is 3.23. The average Bonchev–Trinajstić information content (AvgIpc) is 2.88. The molecule has 0 aliphatic carbocycles. The van der Waals surface area contributed by atoms with Crippen molar-refractivity contribution in [1.29, 1.82) is 0 Å². The third-order valence-corrected chi connectivity index (χ3v) is 4.54. The summed E-state index contributed by atoms with van der Waals surface area (Å²) in [6.07, 6.45) is -2.21. The zero-order chi connectivity index (χ0) is 15.9. The number of H-pyrrole nitrogens is 1. The van der Waals surface area contributed by atoms with E-state index in [1.165, 1.54) is 4.90 Å². The number of alkyl halides is 3. The molecule has 0 radical (unpaired) electrons. The number of halogens is 4. The maximum Gasteiger partial charge on any atom is 0.393 e. The van der Waals surface area contributed by atoms with Crippen LogP contribution < -0.4 is 0 Å². The molecule has 1 aromatic carbocycles. The van der Waals surface area contributed by atoms with Crippen molar-refractivity contribution in [3.8, 4) is 0 Å². The summed E-state index contributed by atoms with van der Waals surface area (Å²) in [6.45, 7) is 0.106. The Morgan fingerprint density at radius 3 is 2.86 bits per heavy atom. The molecule has 2 heterocycles. The van der Waals surface area contributed by atoms with Crippen LogP contribution in [0.1, 0.15) is 23.2 Å². The number of hydrogen-bond donors (Lipinski definition) is 1. The van der Waals surface area contributed by atoms with Gasteiger partial charge >= 0.3 is 6.18 Å². The standard InChI is InChI=1S/C15H14BrF3N2O/c16-10-3-4-13-11(6-10)12(7-20-13)14(22)21-5-1-2-9(8-21)15(17,18)19/h3-4,6-7,9,20H,1-2,5,8H2. The number of likely N-dealkylation sites (tertiary alicyclic amines) is 1. The number of piperidine rings is 1. The highest BCUT2D eigenvalue weighted by molar-refractivity contribution is 9.10. The molecule has 1 saturated heterocycles. The van der Waals surface area contributed by atoms with Crippen LogP contribution in [0.3, 0.4) is 0 Å². The summed E-state index contributed by atoms with van der Waals surface area (Å²) >= 11 is 3.34. The van der Waals surface area contributed by atoms with Gasteiger partial charge in [0.2, 0.25) is 0 Å². The smallest absolute Gasteiger partial charge is 0.360 e. The molecule has 3 rings (SSSR count). The zero-order valence-corrected chi connectivity index (χ0v) is 13.2. The van der Waals surface area contributed by atoms with Gasteiger partial charge in [0, 0.05) is 34.7 Å². The second-order valence-corrected chi connectivity index (χ2v) is 6.44. The number of fused-ring (bicyclic) bond motifs is 1. The molecule has 1 aromatic heterocycles. The van der Waals surface area contributed by atoms with Gasteiger partial charge in [-0.25, -0.2) is 0 Å². The van der Waals surface area contributed by atoms with Crippen molar-refractivity contribution < 1.29 is 18.0 Å². The van der Waals surface area contributed by atoms with Crippen LogP contribution in [0.2, 0.25) is 0 Å². The quantitative estimate of drug-likeness (QED) is 0.791. The summed E-state index contributed by atoms with van der Waals surface area (Å²) in [5.74, 6) is -1.78. The van der Waals surface area contributed by atoms with Gasteiger partial charge in [-0.05, 0) is 31.0 Å². The molecule has 1 unspecified atom stereocenters. The predicted octanol–water partition coefficient (Wildman–Crippen LogP) is 4.34. The largest absolute Gasteiger partial charge is 0.393 e. The first kappa shape index (κ1) is 15.4. The Hall–Kier alpha value is -1.50. The Bertz CT molecular complexity index is 710. The SMILES string of the molecule is O=C(c1c[nH]c2ccc(Br)cc12)N1CCCC(C(F)(F)F)C1. The molecule has 1 aliphatic rings. The summed E-state index contributed by atoms with van der Waals surface area (Å²) < 4.78 is 39.4. The van der Waals surface area contributed by atoms with Crippen molar-refractivity contribution in [2.24, 2.45) is 5.92 Å². The van der Waals surface area contributed by atoms with Crippen LogP contribution in [-0.2, 0) is 0 Å². The fourth-order valence-electron chi connectivity index (χ4n) is 2.87. The molecule has 0 bridgehead atoms. The molecule has 1 N–H and O–H groups in total. The number of hydrogen-bond acceptors (Lipinski definition) is 1. The number of carbonyl (C=O) groups excluding carboxylic acids is 1. The third kappa shape index (κ3) is 2.86. The van der Waals surface area contributed by atoms with Crippen molar-refractivity contribution >= 4 is 32.7 Å². The normalized spacial score (nSPS) is 19.6. The lowest BCUT2D eigenvalue weighted by Crippen LogP contribution is -2.44. The number of aromatic amines is 1. The molecule has 3 nitrogen and oxygen atoms in total. The first-order valence-corrected chi connectivity index (χ1v) is 7.78. The first-order chi connectivity index (χ1) is 10.4. The number of benzene rings is 1.